The molecule has 0 unspecified atom stereocenters. The molecule has 26 heavy (non-hydrogen) atoms. The third-order valence-electron chi connectivity index (χ3n) is 4.28. The molecule has 0 aliphatic carbocycles. The Kier molecular flexibility index (Phi) is 4.41. The summed E-state index contributed by atoms with van der Waals surface area (Å²) in [6.07, 6.45) is -0.527. The van der Waals surface area contributed by atoms with Gasteiger partial charge in [0.25, 0.3) is 0 Å². The Morgan fingerprint density at radius 3 is 2.81 bits per heavy atom. The zero-order valence-corrected chi connectivity index (χ0v) is 14.4. The number of ether oxygens (including phenoxy) is 2. The van der Waals surface area contributed by atoms with Crippen LogP contribution >= 0.6 is 0 Å². The Morgan fingerprint density at radius 2 is 1.96 bits per heavy atom. The van der Waals surface area contributed by atoms with E-state index in [9.17, 15) is 4.79 Å². The van der Waals surface area contributed by atoms with Crippen LogP contribution in [0.5, 0.6) is 0 Å². The summed E-state index contributed by atoms with van der Waals surface area (Å²) in [6.45, 7) is 3.45. The van der Waals surface area contributed by atoms with Gasteiger partial charge in [0.05, 0.1) is 18.9 Å². The van der Waals surface area contributed by atoms with Gasteiger partial charge in [0.1, 0.15) is 6.61 Å². The average Bonchev–Trinajstić information content (AvgIpc) is 3.26. The summed E-state index contributed by atoms with van der Waals surface area (Å²) < 4.78 is 12.5. The van der Waals surface area contributed by atoms with Crippen LogP contribution in [-0.4, -0.2) is 15.9 Å². The van der Waals surface area contributed by atoms with Crippen molar-refractivity contribution in [1.29, 1.82) is 0 Å². The minimum atomic E-state index is -0.527. The standard InChI is InChI=1S/C20H19N3O3/c1-14-9-19(21-20(24)26-11-15-5-3-2-4-6-15)22-23(14)18-8-7-16-12-25-13-17(16)10-18/h2-10H,11-13H2,1H3,(H,21,22,24). The number of hydrogen-bond donors (Lipinski definition) is 1. The van der Waals surface area contributed by atoms with Gasteiger partial charge in [-0.1, -0.05) is 36.4 Å². The van der Waals surface area contributed by atoms with E-state index in [0.29, 0.717) is 19.0 Å². The Bertz CT molecular complexity index is 935. The highest BCUT2D eigenvalue weighted by Crippen LogP contribution is 2.24. The molecule has 4 rings (SSSR count). The van der Waals surface area contributed by atoms with Gasteiger partial charge in [-0.15, -0.1) is 5.10 Å². The maximum atomic E-state index is 12.0. The van der Waals surface area contributed by atoms with E-state index in [4.69, 9.17) is 9.47 Å². The number of aromatic nitrogens is 2. The summed E-state index contributed by atoms with van der Waals surface area (Å²) in [5.41, 5.74) is 5.18. The summed E-state index contributed by atoms with van der Waals surface area (Å²) >= 11 is 0. The number of nitrogens with one attached hydrogen (secondary N) is 1. The first-order chi connectivity index (χ1) is 12.7. The molecule has 6 heteroatoms. The molecule has 0 radical (unpaired) electrons. The highest BCUT2D eigenvalue weighted by atomic mass is 16.5. The van der Waals surface area contributed by atoms with Gasteiger partial charge in [0.15, 0.2) is 5.82 Å². The van der Waals surface area contributed by atoms with Crippen LogP contribution in [0.1, 0.15) is 22.4 Å². The fourth-order valence-corrected chi connectivity index (χ4v) is 2.95. The molecule has 0 saturated heterocycles. The number of hydrogen-bond acceptors (Lipinski definition) is 4. The summed E-state index contributed by atoms with van der Waals surface area (Å²) in [4.78, 5) is 12.0. The van der Waals surface area contributed by atoms with Crippen molar-refractivity contribution in [2.75, 3.05) is 5.32 Å². The molecule has 6 nitrogen and oxygen atoms in total. The first-order valence-electron chi connectivity index (χ1n) is 8.43. The van der Waals surface area contributed by atoms with E-state index < -0.39 is 6.09 Å². The molecule has 0 atom stereocenters. The SMILES string of the molecule is Cc1cc(NC(=O)OCc2ccccc2)nn1-c1ccc2c(c1)COC2. The van der Waals surface area contributed by atoms with Gasteiger partial charge in [0.2, 0.25) is 0 Å². The zero-order chi connectivity index (χ0) is 17.9. The summed E-state index contributed by atoms with van der Waals surface area (Å²) in [7, 11) is 0. The van der Waals surface area contributed by atoms with Crippen LogP contribution in [0.3, 0.4) is 0 Å². The Balaban J connectivity index is 1.44. The molecule has 1 aliphatic rings. The molecule has 1 N–H and O–H groups in total. The second-order valence-electron chi connectivity index (χ2n) is 6.22. The maximum Gasteiger partial charge on any atom is 0.413 e. The van der Waals surface area contributed by atoms with Crippen molar-refractivity contribution in [3.8, 4) is 5.69 Å². The molecule has 0 fully saturated rings. The lowest BCUT2D eigenvalue weighted by Crippen LogP contribution is -2.14. The molecule has 0 saturated carbocycles. The number of nitrogens with zero attached hydrogens (tertiary/aromatic N) is 2. The number of benzene rings is 2. The van der Waals surface area contributed by atoms with Crippen molar-refractivity contribution in [3.63, 3.8) is 0 Å². The predicted octanol–water partition coefficient (Wildman–Crippen LogP) is 3.96. The number of aryl methyl sites for hydroxylation is 1. The van der Waals surface area contributed by atoms with Crippen molar-refractivity contribution >= 4 is 11.9 Å². The van der Waals surface area contributed by atoms with Crippen LogP contribution in [0, 0.1) is 6.92 Å². The fourth-order valence-electron chi connectivity index (χ4n) is 2.95. The monoisotopic (exact) mass is 349 g/mol. The van der Waals surface area contributed by atoms with E-state index in [1.807, 2.05) is 49.4 Å². The van der Waals surface area contributed by atoms with Gasteiger partial charge in [-0.3, -0.25) is 5.32 Å². The second-order valence-corrected chi connectivity index (χ2v) is 6.22. The lowest BCUT2D eigenvalue weighted by molar-refractivity contribution is 0.134. The van der Waals surface area contributed by atoms with Crippen molar-refractivity contribution in [2.45, 2.75) is 26.7 Å². The topological polar surface area (TPSA) is 65.4 Å². The summed E-state index contributed by atoms with van der Waals surface area (Å²) in [5, 5.41) is 7.14. The first-order valence-corrected chi connectivity index (χ1v) is 8.43. The van der Waals surface area contributed by atoms with Crippen molar-refractivity contribution in [1.82, 2.24) is 9.78 Å². The summed E-state index contributed by atoms with van der Waals surface area (Å²) in [5.74, 6) is 0.456. The number of amides is 1. The number of fused-ring (bicyclic) bond motifs is 1. The lowest BCUT2D eigenvalue weighted by atomic mass is 10.1. The van der Waals surface area contributed by atoms with Crippen molar-refractivity contribution < 1.29 is 14.3 Å². The molecule has 132 valence electrons. The number of carbonyl (C=O) groups excluding carboxylic acids is 1. The molecule has 2 aromatic carbocycles. The van der Waals surface area contributed by atoms with Crippen LogP contribution < -0.4 is 5.32 Å². The molecule has 2 heterocycles. The van der Waals surface area contributed by atoms with Crippen molar-refractivity contribution in [3.05, 3.63) is 77.0 Å². The minimum Gasteiger partial charge on any atom is -0.444 e. The maximum absolute atomic E-state index is 12.0. The van der Waals surface area contributed by atoms with E-state index in [-0.39, 0.29) is 6.61 Å². The van der Waals surface area contributed by atoms with Crippen molar-refractivity contribution in [2.24, 2.45) is 0 Å². The number of carbonyl (C=O) groups is 1. The highest BCUT2D eigenvalue weighted by Gasteiger charge is 2.14. The normalized spacial score (nSPS) is 12.7. The van der Waals surface area contributed by atoms with E-state index in [2.05, 4.69) is 22.5 Å². The Labute approximate surface area is 151 Å². The lowest BCUT2D eigenvalue weighted by Gasteiger charge is -2.07. The van der Waals surface area contributed by atoms with E-state index in [1.54, 1.807) is 4.68 Å². The van der Waals surface area contributed by atoms with E-state index in [1.165, 1.54) is 11.1 Å². The van der Waals surface area contributed by atoms with E-state index >= 15 is 0 Å². The fraction of sp³-hybridized carbons (Fsp3) is 0.200. The first kappa shape index (κ1) is 16.4. The number of anilines is 1. The second kappa shape index (κ2) is 7.01. The van der Waals surface area contributed by atoms with Crippen LogP contribution in [0.25, 0.3) is 5.69 Å². The van der Waals surface area contributed by atoms with Crippen LogP contribution in [0.2, 0.25) is 0 Å². The predicted molar refractivity (Wildman–Crippen MR) is 97.0 cm³/mol. The smallest absolute Gasteiger partial charge is 0.413 e. The van der Waals surface area contributed by atoms with Gasteiger partial charge in [-0.05, 0) is 35.7 Å². The van der Waals surface area contributed by atoms with Crippen LogP contribution in [0.4, 0.5) is 10.6 Å². The van der Waals surface area contributed by atoms with Gasteiger partial charge in [-0.2, -0.15) is 0 Å². The Morgan fingerprint density at radius 1 is 1.15 bits per heavy atom. The van der Waals surface area contributed by atoms with Gasteiger partial charge >= 0.3 is 6.09 Å². The van der Waals surface area contributed by atoms with Gasteiger partial charge in [-0.25, -0.2) is 9.48 Å². The van der Waals surface area contributed by atoms with Crippen LogP contribution in [-0.2, 0) is 29.3 Å². The molecule has 0 spiro atoms. The largest absolute Gasteiger partial charge is 0.444 e. The number of rotatable bonds is 4. The van der Waals surface area contributed by atoms with Gasteiger partial charge < -0.3 is 9.47 Å². The highest BCUT2D eigenvalue weighted by molar-refractivity contribution is 5.83. The molecule has 3 aromatic rings. The molecular weight excluding hydrogens is 330 g/mol. The zero-order valence-electron chi connectivity index (χ0n) is 14.4. The van der Waals surface area contributed by atoms with Gasteiger partial charge in [0, 0.05) is 11.8 Å². The Hall–Kier alpha value is -3.12. The van der Waals surface area contributed by atoms with E-state index in [0.717, 1.165) is 16.9 Å². The summed E-state index contributed by atoms with van der Waals surface area (Å²) in [6, 6.07) is 17.5. The quantitative estimate of drug-likeness (QED) is 0.774. The minimum absolute atomic E-state index is 0.219. The molecular formula is C20H19N3O3. The molecule has 1 amide bonds. The molecule has 1 aliphatic heterocycles. The van der Waals surface area contributed by atoms with Crippen LogP contribution in [0.15, 0.2) is 54.6 Å². The third kappa shape index (κ3) is 3.45. The molecule has 0 bridgehead atoms. The third-order valence-corrected chi connectivity index (χ3v) is 4.28. The average molecular weight is 349 g/mol. The molecule has 1 aromatic heterocycles.